The Bertz CT molecular complexity index is 1060. The molecule has 2 aromatic heterocycles. The van der Waals surface area contributed by atoms with E-state index in [-0.39, 0.29) is 22.4 Å². The van der Waals surface area contributed by atoms with Crippen LogP contribution in [-0.4, -0.2) is 62.6 Å². The Morgan fingerprint density at radius 3 is 2.33 bits per heavy atom. The molecule has 1 fully saturated rings. The summed E-state index contributed by atoms with van der Waals surface area (Å²) in [6.07, 6.45) is 7.13. The van der Waals surface area contributed by atoms with Crippen LogP contribution in [0.3, 0.4) is 0 Å². The zero-order valence-corrected chi connectivity index (χ0v) is 25.6. The fraction of sp³-hybridized carbons (Fsp3) is 0.560. The van der Waals surface area contributed by atoms with Crippen molar-refractivity contribution in [1.29, 1.82) is 0 Å². The molecule has 4 heterocycles. The molecule has 4 rings (SSSR count). The van der Waals surface area contributed by atoms with Gasteiger partial charge in [0.1, 0.15) is 33.4 Å². The van der Waals surface area contributed by atoms with Crippen molar-refractivity contribution in [2.75, 3.05) is 29.9 Å². The van der Waals surface area contributed by atoms with Gasteiger partial charge in [0.15, 0.2) is 0 Å². The molecule has 1 saturated heterocycles. The summed E-state index contributed by atoms with van der Waals surface area (Å²) in [6, 6.07) is 0.408. The fourth-order valence-electron chi connectivity index (χ4n) is 3.53. The number of rotatable bonds is 6. The molecule has 1 unspecified atom stereocenters. The molecule has 40 heavy (non-hydrogen) atoms. The van der Waals surface area contributed by atoms with Gasteiger partial charge in [-0.05, 0) is 25.2 Å². The van der Waals surface area contributed by atoms with E-state index in [0.717, 1.165) is 18.8 Å². The normalized spacial score (nSPS) is 19.1. The van der Waals surface area contributed by atoms with Crippen LogP contribution in [0.25, 0.3) is 0 Å². The molecular formula is C25H37Cl2F3N8OS. The van der Waals surface area contributed by atoms with Gasteiger partial charge < -0.3 is 20.9 Å². The summed E-state index contributed by atoms with van der Waals surface area (Å²) in [4.78, 5) is 29.3. The van der Waals surface area contributed by atoms with Crippen LogP contribution in [0, 0.1) is 0 Å². The first-order valence-electron chi connectivity index (χ1n) is 12.9. The minimum absolute atomic E-state index is 0.0144. The molecule has 0 bridgehead atoms. The summed E-state index contributed by atoms with van der Waals surface area (Å²) >= 11 is 13.3. The van der Waals surface area contributed by atoms with Crippen LogP contribution in [0.4, 0.5) is 24.8 Å². The highest BCUT2D eigenvalue weighted by atomic mass is 35.5. The average molecular weight is 626 g/mol. The van der Waals surface area contributed by atoms with Crippen molar-refractivity contribution in [1.82, 2.24) is 30.6 Å². The molecule has 224 valence electrons. The van der Waals surface area contributed by atoms with Crippen LogP contribution in [0.15, 0.2) is 36.4 Å². The Morgan fingerprint density at radius 1 is 1.15 bits per heavy atom. The second-order valence-corrected chi connectivity index (χ2v) is 10.5. The minimum atomic E-state index is -4.43. The van der Waals surface area contributed by atoms with Crippen molar-refractivity contribution in [3.63, 3.8) is 0 Å². The number of halogens is 5. The molecule has 1 amide bonds. The third-order valence-electron chi connectivity index (χ3n) is 5.05. The van der Waals surface area contributed by atoms with E-state index in [1.807, 2.05) is 31.8 Å². The van der Waals surface area contributed by atoms with E-state index in [2.05, 4.69) is 61.6 Å². The highest BCUT2D eigenvalue weighted by molar-refractivity contribution is 8.03. The van der Waals surface area contributed by atoms with E-state index < -0.39 is 18.6 Å². The number of nitrogens with one attached hydrogen (secondary N) is 3. The monoisotopic (exact) mass is 624 g/mol. The molecule has 15 heteroatoms. The molecule has 0 aliphatic carbocycles. The van der Waals surface area contributed by atoms with Crippen LogP contribution in [-0.2, 0) is 4.79 Å². The second-order valence-electron chi connectivity index (χ2n) is 8.40. The lowest BCUT2D eigenvalue weighted by Gasteiger charge is -2.37. The largest absolute Gasteiger partial charge is 0.405 e. The zero-order chi connectivity index (χ0) is 30.2. The maximum Gasteiger partial charge on any atom is 0.405 e. The number of carbonyl (C=O) groups is 1. The van der Waals surface area contributed by atoms with Gasteiger partial charge in [0.05, 0.1) is 37.4 Å². The molecule has 2 atom stereocenters. The Morgan fingerprint density at radius 2 is 1.77 bits per heavy atom. The maximum atomic E-state index is 11.8. The van der Waals surface area contributed by atoms with Gasteiger partial charge in [0.25, 0.3) is 0 Å². The number of hydrogen-bond donors (Lipinski definition) is 3. The Balaban J connectivity index is 0.000000346. The van der Waals surface area contributed by atoms with E-state index in [1.165, 1.54) is 25.2 Å². The van der Waals surface area contributed by atoms with Crippen LogP contribution in [0.1, 0.15) is 53.9 Å². The predicted octanol–water partition coefficient (Wildman–Crippen LogP) is 6.29. The number of carbonyl (C=O) groups excluding carboxylic acids is 1. The standard InChI is InChI=1S/C12H15ClN4S.C8H8ClF3N4O.C3H8.C2H6/c1-12(15-4-6-18-12)9-3-2-5-17(9)11-8-14-7-10(13)16-11;9-5-1-13-2-6(16-5)14-3-7(17)15-4-8(10,11)12;1-3-2;1-2/h4,6-9,15H,2-3,5H2,1H3;1-2H,3-4H2,(H,14,16)(H,15,17);3H2,1-2H3;1-2H3/t9?,12-;;;/m0.../s1. The zero-order valence-electron chi connectivity index (χ0n) is 23.2. The van der Waals surface area contributed by atoms with Crippen molar-refractivity contribution in [3.05, 3.63) is 46.7 Å². The SMILES string of the molecule is CC.CCC.C[C@]1(C2CCCN2c2cncc(Cl)n2)NC=CS1.O=C(CNc1cncc(Cl)n1)NCC(F)(F)F. The molecule has 9 nitrogen and oxygen atoms in total. The molecule has 2 aromatic rings. The van der Waals surface area contributed by atoms with Gasteiger partial charge >= 0.3 is 6.18 Å². The first-order chi connectivity index (χ1) is 19.0. The average Bonchev–Trinajstić information content (AvgIpc) is 3.59. The molecule has 0 radical (unpaired) electrons. The first-order valence-corrected chi connectivity index (χ1v) is 14.5. The Kier molecular flexibility index (Phi) is 16.0. The number of amides is 1. The topological polar surface area (TPSA) is 108 Å². The summed E-state index contributed by atoms with van der Waals surface area (Å²) < 4.78 is 35.3. The minimum Gasteiger partial charge on any atom is -0.375 e. The molecular weight excluding hydrogens is 588 g/mol. The maximum absolute atomic E-state index is 11.8. The Hall–Kier alpha value is -2.51. The number of hydrogen-bond acceptors (Lipinski definition) is 9. The quantitative estimate of drug-likeness (QED) is 0.342. The molecule has 2 aliphatic rings. The molecule has 0 saturated carbocycles. The van der Waals surface area contributed by atoms with Crippen molar-refractivity contribution < 1.29 is 18.0 Å². The summed E-state index contributed by atoms with van der Waals surface area (Å²) in [7, 11) is 0. The lowest BCUT2D eigenvalue weighted by molar-refractivity contribution is -0.137. The van der Waals surface area contributed by atoms with E-state index >= 15 is 0 Å². The number of aromatic nitrogens is 4. The van der Waals surface area contributed by atoms with E-state index in [4.69, 9.17) is 23.2 Å². The lowest BCUT2D eigenvalue weighted by Crippen LogP contribution is -2.51. The van der Waals surface area contributed by atoms with Crippen LogP contribution in [0.5, 0.6) is 0 Å². The van der Waals surface area contributed by atoms with Crippen molar-refractivity contribution in [2.45, 2.75) is 71.0 Å². The number of anilines is 2. The number of nitrogens with zero attached hydrogens (tertiary/aromatic N) is 5. The van der Waals surface area contributed by atoms with E-state index in [0.29, 0.717) is 11.2 Å². The molecule has 2 aliphatic heterocycles. The van der Waals surface area contributed by atoms with E-state index in [9.17, 15) is 18.0 Å². The number of alkyl halides is 3. The van der Waals surface area contributed by atoms with Gasteiger partial charge in [0.2, 0.25) is 5.91 Å². The van der Waals surface area contributed by atoms with Gasteiger partial charge in [-0.1, -0.05) is 57.3 Å². The van der Waals surface area contributed by atoms with Crippen LogP contribution >= 0.6 is 35.0 Å². The predicted molar refractivity (Wildman–Crippen MR) is 158 cm³/mol. The molecule has 3 N–H and O–H groups in total. The Labute approximate surface area is 248 Å². The van der Waals surface area contributed by atoms with Crippen molar-refractivity contribution in [3.8, 4) is 0 Å². The van der Waals surface area contributed by atoms with Gasteiger partial charge in [-0.3, -0.25) is 14.8 Å². The highest BCUT2D eigenvalue weighted by Gasteiger charge is 2.42. The van der Waals surface area contributed by atoms with Crippen molar-refractivity contribution >= 4 is 52.5 Å². The number of thioether (sulfide) groups is 1. The molecule has 0 aromatic carbocycles. The van der Waals surface area contributed by atoms with Gasteiger partial charge in [-0.15, -0.1) is 11.8 Å². The van der Waals surface area contributed by atoms with Gasteiger partial charge in [-0.25, -0.2) is 9.97 Å². The summed E-state index contributed by atoms with van der Waals surface area (Å²) in [5.74, 6) is 0.282. The summed E-state index contributed by atoms with van der Waals surface area (Å²) in [5.41, 5.74) is 0. The van der Waals surface area contributed by atoms with E-state index in [1.54, 1.807) is 17.7 Å². The third kappa shape index (κ3) is 12.8. The lowest BCUT2D eigenvalue weighted by atomic mass is 10.1. The third-order valence-corrected chi connectivity index (χ3v) is 6.56. The van der Waals surface area contributed by atoms with Gasteiger partial charge in [0, 0.05) is 12.7 Å². The van der Waals surface area contributed by atoms with Crippen molar-refractivity contribution in [2.24, 2.45) is 0 Å². The first kappa shape index (κ1) is 35.5. The highest BCUT2D eigenvalue weighted by Crippen LogP contribution is 2.40. The van der Waals surface area contributed by atoms with Crippen LogP contribution in [0.2, 0.25) is 10.3 Å². The van der Waals surface area contributed by atoms with Gasteiger partial charge in [-0.2, -0.15) is 13.2 Å². The summed E-state index contributed by atoms with van der Waals surface area (Å²) in [6.45, 7) is 9.79. The van der Waals surface area contributed by atoms with Crippen LogP contribution < -0.4 is 20.9 Å². The smallest absolute Gasteiger partial charge is 0.375 e. The summed E-state index contributed by atoms with van der Waals surface area (Å²) in [5, 5.41) is 10.3. The molecule has 0 spiro atoms. The second kappa shape index (κ2) is 18.0. The fourth-order valence-corrected chi connectivity index (χ4v) is 4.78.